The van der Waals surface area contributed by atoms with Crippen LogP contribution < -0.4 is 5.73 Å². The van der Waals surface area contributed by atoms with Gasteiger partial charge in [-0.2, -0.15) is 0 Å². The van der Waals surface area contributed by atoms with Crippen LogP contribution in [0.25, 0.3) is 0 Å². The summed E-state index contributed by atoms with van der Waals surface area (Å²) in [5.74, 6) is 0. The summed E-state index contributed by atoms with van der Waals surface area (Å²) < 4.78 is 0. The number of hydrogen-bond acceptors (Lipinski definition) is 1. The Bertz CT molecular complexity index is 320. The van der Waals surface area contributed by atoms with Crippen molar-refractivity contribution >= 4 is 0 Å². The van der Waals surface area contributed by atoms with Crippen molar-refractivity contribution in [1.29, 1.82) is 0 Å². The predicted octanol–water partition coefficient (Wildman–Crippen LogP) is 3.59. The Hall–Kier alpha value is -0.820. The number of aryl methyl sites for hydroxylation is 2. The highest BCUT2D eigenvalue weighted by atomic mass is 14.7. The van der Waals surface area contributed by atoms with Gasteiger partial charge in [0.05, 0.1) is 0 Å². The van der Waals surface area contributed by atoms with Gasteiger partial charge in [-0.3, -0.25) is 0 Å². The number of nitrogens with two attached hydrogens (primary N) is 1. The van der Waals surface area contributed by atoms with Gasteiger partial charge in [-0.15, -0.1) is 0 Å². The molecule has 0 spiro atoms. The number of hydrogen-bond donors (Lipinski definition) is 1. The Morgan fingerprint density at radius 1 is 1.06 bits per heavy atom. The van der Waals surface area contributed by atoms with E-state index in [4.69, 9.17) is 5.73 Å². The molecule has 1 saturated carbocycles. The van der Waals surface area contributed by atoms with E-state index in [9.17, 15) is 0 Å². The molecule has 1 heteroatoms. The lowest BCUT2D eigenvalue weighted by atomic mass is 9.79. The molecule has 0 heterocycles. The van der Waals surface area contributed by atoms with E-state index in [1.807, 2.05) is 0 Å². The van der Waals surface area contributed by atoms with Gasteiger partial charge in [0, 0.05) is 5.54 Å². The molecular weight excluding hydrogens is 194 g/mol. The van der Waals surface area contributed by atoms with Crippen molar-refractivity contribution in [3.05, 3.63) is 35.4 Å². The molecule has 0 radical (unpaired) electrons. The van der Waals surface area contributed by atoms with E-state index >= 15 is 0 Å². The Morgan fingerprint density at radius 2 is 1.69 bits per heavy atom. The van der Waals surface area contributed by atoms with Crippen LogP contribution in [0.4, 0.5) is 0 Å². The Balaban J connectivity index is 1.88. The van der Waals surface area contributed by atoms with Gasteiger partial charge in [0.2, 0.25) is 0 Å². The molecule has 0 bridgehead atoms. The quantitative estimate of drug-likeness (QED) is 0.822. The van der Waals surface area contributed by atoms with Crippen molar-refractivity contribution in [2.24, 2.45) is 5.73 Å². The fourth-order valence-electron chi connectivity index (χ4n) is 2.65. The molecule has 1 aliphatic carbocycles. The first kappa shape index (κ1) is 11.7. The molecule has 1 aromatic rings. The highest BCUT2D eigenvalue weighted by molar-refractivity contribution is 5.21. The summed E-state index contributed by atoms with van der Waals surface area (Å²) in [6.07, 6.45) is 8.75. The summed E-state index contributed by atoms with van der Waals surface area (Å²) in [7, 11) is 0. The Morgan fingerprint density at radius 3 is 2.31 bits per heavy atom. The monoisotopic (exact) mass is 217 g/mol. The van der Waals surface area contributed by atoms with Crippen molar-refractivity contribution in [2.45, 2.75) is 57.4 Å². The summed E-state index contributed by atoms with van der Waals surface area (Å²) in [5.41, 5.74) is 9.33. The van der Waals surface area contributed by atoms with Crippen LogP contribution in [0.3, 0.4) is 0 Å². The minimum atomic E-state index is 0.128. The van der Waals surface area contributed by atoms with Crippen molar-refractivity contribution in [1.82, 2.24) is 0 Å². The van der Waals surface area contributed by atoms with Crippen LogP contribution in [0.5, 0.6) is 0 Å². The van der Waals surface area contributed by atoms with E-state index in [2.05, 4.69) is 31.2 Å². The second-order valence-corrected chi connectivity index (χ2v) is 5.41. The zero-order chi connectivity index (χ0) is 11.4. The van der Waals surface area contributed by atoms with E-state index < -0.39 is 0 Å². The van der Waals surface area contributed by atoms with Gasteiger partial charge in [0.15, 0.2) is 0 Å². The normalized spacial score (nSPS) is 19.6. The van der Waals surface area contributed by atoms with Crippen LogP contribution in [-0.4, -0.2) is 5.54 Å². The van der Waals surface area contributed by atoms with Gasteiger partial charge in [0.25, 0.3) is 0 Å². The van der Waals surface area contributed by atoms with Crippen molar-refractivity contribution in [3.8, 4) is 0 Å². The Kier molecular flexibility index (Phi) is 3.65. The maximum atomic E-state index is 6.44. The molecule has 2 N–H and O–H groups in total. The lowest BCUT2D eigenvalue weighted by Crippen LogP contribution is -2.41. The molecule has 1 fully saturated rings. The fourth-order valence-corrected chi connectivity index (χ4v) is 2.65. The molecule has 0 saturated heterocycles. The zero-order valence-corrected chi connectivity index (χ0v) is 10.3. The molecule has 0 amide bonds. The molecule has 1 aliphatic rings. The third-order valence-electron chi connectivity index (χ3n) is 3.88. The van der Waals surface area contributed by atoms with E-state index in [-0.39, 0.29) is 5.54 Å². The third-order valence-corrected chi connectivity index (χ3v) is 3.88. The molecule has 1 aromatic carbocycles. The summed E-state index contributed by atoms with van der Waals surface area (Å²) in [6, 6.07) is 8.86. The van der Waals surface area contributed by atoms with Crippen molar-refractivity contribution in [3.63, 3.8) is 0 Å². The zero-order valence-electron chi connectivity index (χ0n) is 10.3. The minimum Gasteiger partial charge on any atom is -0.325 e. The summed E-state index contributed by atoms with van der Waals surface area (Å²) >= 11 is 0. The maximum Gasteiger partial charge on any atom is 0.0157 e. The highest BCUT2D eigenvalue weighted by Crippen LogP contribution is 2.29. The van der Waals surface area contributed by atoms with E-state index in [0.717, 1.165) is 12.8 Å². The van der Waals surface area contributed by atoms with E-state index in [1.54, 1.807) is 0 Å². The molecule has 0 atom stereocenters. The van der Waals surface area contributed by atoms with Gasteiger partial charge in [-0.05, 0) is 38.2 Å². The molecule has 0 aromatic heterocycles. The largest absolute Gasteiger partial charge is 0.325 e. The topological polar surface area (TPSA) is 26.0 Å². The lowest BCUT2D eigenvalue weighted by molar-refractivity contribution is 0.278. The highest BCUT2D eigenvalue weighted by Gasteiger charge is 2.26. The van der Waals surface area contributed by atoms with Crippen LogP contribution in [0.2, 0.25) is 0 Å². The first-order valence-corrected chi connectivity index (χ1v) is 6.52. The van der Waals surface area contributed by atoms with Crippen molar-refractivity contribution < 1.29 is 0 Å². The number of benzene rings is 1. The standard InChI is InChI=1S/C15H23N/c1-13-5-7-14(8-6-13)9-12-15(16)10-3-2-4-11-15/h5-8H,2-4,9-12,16H2,1H3. The first-order valence-electron chi connectivity index (χ1n) is 6.52. The molecule has 1 nitrogen and oxygen atoms in total. The SMILES string of the molecule is Cc1ccc(CCC2(N)CCCCC2)cc1. The van der Waals surface area contributed by atoms with Crippen LogP contribution >= 0.6 is 0 Å². The van der Waals surface area contributed by atoms with Gasteiger partial charge in [0.1, 0.15) is 0 Å². The predicted molar refractivity (Wildman–Crippen MR) is 69.5 cm³/mol. The molecule has 16 heavy (non-hydrogen) atoms. The summed E-state index contributed by atoms with van der Waals surface area (Å²) in [4.78, 5) is 0. The average molecular weight is 217 g/mol. The molecule has 2 rings (SSSR count). The molecule has 0 aliphatic heterocycles. The second-order valence-electron chi connectivity index (χ2n) is 5.41. The Labute approximate surface area is 99.0 Å². The van der Waals surface area contributed by atoms with Crippen molar-refractivity contribution in [2.75, 3.05) is 0 Å². The van der Waals surface area contributed by atoms with Crippen LogP contribution in [0.15, 0.2) is 24.3 Å². The van der Waals surface area contributed by atoms with Crippen LogP contribution in [0, 0.1) is 6.92 Å². The molecule has 0 unspecified atom stereocenters. The first-order chi connectivity index (χ1) is 7.68. The van der Waals surface area contributed by atoms with Gasteiger partial charge in [-0.25, -0.2) is 0 Å². The smallest absolute Gasteiger partial charge is 0.0157 e. The van der Waals surface area contributed by atoms with Crippen LogP contribution in [0.1, 0.15) is 49.7 Å². The average Bonchev–Trinajstić information content (AvgIpc) is 2.29. The number of rotatable bonds is 3. The van der Waals surface area contributed by atoms with Gasteiger partial charge >= 0.3 is 0 Å². The third kappa shape index (κ3) is 3.08. The lowest BCUT2D eigenvalue weighted by Gasteiger charge is -2.33. The fraction of sp³-hybridized carbons (Fsp3) is 0.600. The summed E-state index contributed by atoms with van der Waals surface area (Å²) in [6.45, 7) is 2.13. The molecular formula is C15H23N. The van der Waals surface area contributed by atoms with E-state index in [0.29, 0.717) is 0 Å². The second kappa shape index (κ2) is 5.01. The van der Waals surface area contributed by atoms with Gasteiger partial charge < -0.3 is 5.73 Å². The summed E-state index contributed by atoms with van der Waals surface area (Å²) in [5, 5.41) is 0. The van der Waals surface area contributed by atoms with E-state index in [1.165, 1.54) is 43.2 Å². The maximum absolute atomic E-state index is 6.44. The van der Waals surface area contributed by atoms with Gasteiger partial charge in [-0.1, -0.05) is 49.1 Å². The molecule has 88 valence electrons. The minimum absolute atomic E-state index is 0.128. The van der Waals surface area contributed by atoms with Crippen LogP contribution in [-0.2, 0) is 6.42 Å².